The number of hydrogen-bond donors (Lipinski definition) is 1. The van der Waals surface area contributed by atoms with Crippen LogP contribution in [0.1, 0.15) is 11.1 Å². The summed E-state index contributed by atoms with van der Waals surface area (Å²) < 4.78 is 0. The Balaban J connectivity index is 0.000000136. The first kappa shape index (κ1) is 17.6. The van der Waals surface area contributed by atoms with Crippen molar-refractivity contribution in [2.75, 3.05) is 0 Å². The predicted molar refractivity (Wildman–Crippen MR) is 111 cm³/mol. The predicted octanol–water partition coefficient (Wildman–Crippen LogP) is 5.53. The van der Waals surface area contributed by atoms with Crippen molar-refractivity contribution in [3.05, 3.63) is 119 Å². The fourth-order valence-electron chi connectivity index (χ4n) is 2.58. The summed E-state index contributed by atoms with van der Waals surface area (Å²) in [6.07, 6.45) is 19.0. The van der Waals surface area contributed by atoms with Gasteiger partial charge in [0.15, 0.2) is 5.78 Å². The Morgan fingerprint density at radius 1 is 0.769 bits per heavy atom. The summed E-state index contributed by atoms with van der Waals surface area (Å²) in [5.41, 5.74) is 4.20. The molecule has 0 fully saturated rings. The molecule has 3 heteroatoms. The Bertz CT molecular complexity index is 894. The maximum Gasteiger partial charge on any atom is 0.186 e. The average Bonchev–Trinajstić information content (AvgIpc) is 3.28. The zero-order chi connectivity index (χ0) is 18.0. The minimum absolute atomic E-state index is 0.110. The topological polar surface area (TPSA) is 29.1 Å². The SMILES string of the molecule is C1=CC=CNC=C1.O=C1C=CC=C2C1=Cc1ccccc12.c1ccsc1. The third-order valence-corrected chi connectivity index (χ3v) is 4.39. The number of allylic oxidation sites excluding steroid dienone is 9. The van der Waals surface area contributed by atoms with Crippen LogP contribution in [0.15, 0.2) is 108 Å². The van der Waals surface area contributed by atoms with Crippen LogP contribution in [0.5, 0.6) is 0 Å². The molecule has 0 amide bonds. The summed E-state index contributed by atoms with van der Waals surface area (Å²) in [5.74, 6) is 0.110. The second-order valence-corrected chi connectivity index (χ2v) is 6.33. The molecular weight excluding hydrogens is 338 g/mol. The van der Waals surface area contributed by atoms with Crippen molar-refractivity contribution in [1.29, 1.82) is 0 Å². The Morgan fingerprint density at radius 3 is 2.19 bits per heavy atom. The van der Waals surface area contributed by atoms with E-state index in [9.17, 15) is 4.79 Å². The van der Waals surface area contributed by atoms with Gasteiger partial charge in [0.1, 0.15) is 0 Å². The van der Waals surface area contributed by atoms with Crippen LogP contribution >= 0.6 is 11.3 Å². The average molecular weight is 357 g/mol. The summed E-state index contributed by atoms with van der Waals surface area (Å²) >= 11 is 1.71. The first-order chi connectivity index (χ1) is 12.9. The van der Waals surface area contributed by atoms with Crippen molar-refractivity contribution in [2.24, 2.45) is 0 Å². The smallest absolute Gasteiger partial charge is 0.186 e. The Morgan fingerprint density at radius 2 is 1.50 bits per heavy atom. The monoisotopic (exact) mass is 357 g/mol. The standard InChI is InChI=1S/C13H8O.C6H7N.C4H4S/c14-13-7-3-6-11-10-5-2-1-4-9(10)8-12(11)13;1-2-4-6-7-5-3-1;1-2-4-5-3-1/h1-8H;1-7H;1-4H. The van der Waals surface area contributed by atoms with E-state index in [1.807, 2.05) is 96.0 Å². The Hall–Kier alpha value is -3.17. The summed E-state index contributed by atoms with van der Waals surface area (Å²) in [5, 5.41) is 7.01. The van der Waals surface area contributed by atoms with Crippen LogP contribution < -0.4 is 5.32 Å². The number of benzene rings is 1. The van der Waals surface area contributed by atoms with E-state index in [0.29, 0.717) is 0 Å². The molecule has 1 aliphatic heterocycles. The molecule has 5 rings (SSSR count). The molecule has 1 aromatic carbocycles. The lowest BCUT2D eigenvalue weighted by atomic mass is 9.96. The van der Waals surface area contributed by atoms with Crippen molar-refractivity contribution < 1.29 is 4.79 Å². The number of nitrogens with one attached hydrogen (secondary N) is 1. The highest BCUT2D eigenvalue weighted by atomic mass is 32.1. The Kier molecular flexibility index (Phi) is 6.35. The molecule has 0 saturated heterocycles. The van der Waals surface area contributed by atoms with E-state index < -0.39 is 0 Å². The minimum Gasteiger partial charge on any atom is -0.368 e. The number of carbonyl (C=O) groups excluding carboxylic acids is 1. The Labute approximate surface area is 157 Å². The van der Waals surface area contributed by atoms with Crippen molar-refractivity contribution in [1.82, 2.24) is 5.32 Å². The van der Waals surface area contributed by atoms with Crippen molar-refractivity contribution >= 4 is 28.8 Å². The van der Waals surface area contributed by atoms with E-state index >= 15 is 0 Å². The largest absolute Gasteiger partial charge is 0.368 e. The first-order valence-electron chi connectivity index (χ1n) is 8.32. The lowest BCUT2D eigenvalue weighted by molar-refractivity contribution is -0.110. The van der Waals surface area contributed by atoms with Gasteiger partial charge >= 0.3 is 0 Å². The van der Waals surface area contributed by atoms with Gasteiger partial charge < -0.3 is 5.32 Å². The fourth-order valence-corrected chi connectivity index (χ4v) is 3.04. The zero-order valence-corrected chi connectivity index (χ0v) is 15.0. The lowest BCUT2D eigenvalue weighted by Crippen LogP contribution is -2.00. The highest BCUT2D eigenvalue weighted by Crippen LogP contribution is 2.37. The molecule has 1 N–H and O–H groups in total. The van der Waals surface area contributed by atoms with E-state index in [4.69, 9.17) is 0 Å². The van der Waals surface area contributed by atoms with Gasteiger partial charge in [-0.15, -0.1) is 0 Å². The third-order valence-electron chi connectivity index (χ3n) is 3.76. The van der Waals surface area contributed by atoms with E-state index in [-0.39, 0.29) is 5.78 Å². The number of fused-ring (bicyclic) bond motifs is 3. The number of thiophene rings is 1. The molecule has 26 heavy (non-hydrogen) atoms. The van der Waals surface area contributed by atoms with Gasteiger partial charge in [-0.05, 0) is 51.8 Å². The third kappa shape index (κ3) is 4.68. The normalized spacial score (nSPS) is 15.2. The minimum atomic E-state index is 0.110. The second kappa shape index (κ2) is 9.35. The lowest BCUT2D eigenvalue weighted by Gasteiger charge is -2.06. The fraction of sp³-hybridized carbons (Fsp3) is 0. The van der Waals surface area contributed by atoms with E-state index in [0.717, 1.165) is 16.7 Å². The van der Waals surface area contributed by atoms with Crippen molar-refractivity contribution in [2.45, 2.75) is 0 Å². The molecule has 0 spiro atoms. The summed E-state index contributed by atoms with van der Waals surface area (Å²) in [6, 6.07) is 12.1. The number of hydrogen-bond acceptors (Lipinski definition) is 3. The molecule has 0 unspecified atom stereocenters. The molecule has 0 bridgehead atoms. The number of rotatable bonds is 0. The van der Waals surface area contributed by atoms with Gasteiger partial charge in [0.05, 0.1) is 0 Å². The molecule has 2 aliphatic carbocycles. The number of ketones is 1. The van der Waals surface area contributed by atoms with Gasteiger partial charge in [-0.3, -0.25) is 4.79 Å². The molecule has 2 heterocycles. The van der Waals surface area contributed by atoms with Crippen LogP contribution in [0.4, 0.5) is 0 Å². The van der Waals surface area contributed by atoms with Crippen LogP contribution in [0.3, 0.4) is 0 Å². The molecule has 128 valence electrons. The van der Waals surface area contributed by atoms with Gasteiger partial charge in [-0.2, -0.15) is 11.3 Å². The van der Waals surface area contributed by atoms with Gasteiger partial charge in [-0.1, -0.05) is 60.7 Å². The van der Waals surface area contributed by atoms with Crippen LogP contribution in [0, 0.1) is 0 Å². The summed E-state index contributed by atoms with van der Waals surface area (Å²) in [7, 11) is 0. The van der Waals surface area contributed by atoms with Crippen molar-refractivity contribution in [3.63, 3.8) is 0 Å². The van der Waals surface area contributed by atoms with Gasteiger partial charge in [0.2, 0.25) is 0 Å². The maximum absolute atomic E-state index is 11.5. The van der Waals surface area contributed by atoms with E-state index in [1.165, 1.54) is 5.56 Å². The van der Waals surface area contributed by atoms with E-state index in [2.05, 4.69) is 11.4 Å². The molecule has 0 atom stereocenters. The molecular formula is C23H19NOS. The summed E-state index contributed by atoms with van der Waals surface area (Å²) in [4.78, 5) is 11.5. The molecule has 2 aromatic rings. The zero-order valence-electron chi connectivity index (χ0n) is 14.2. The van der Waals surface area contributed by atoms with Gasteiger partial charge in [0, 0.05) is 18.0 Å². The van der Waals surface area contributed by atoms with Crippen LogP contribution in [0.25, 0.3) is 11.6 Å². The molecule has 0 saturated carbocycles. The second-order valence-electron chi connectivity index (χ2n) is 5.51. The highest BCUT2D eigenvalue weighted by Gasteiger charge is 2.23. The molecule has 0 radical (unpaired) electrons. The first-order valence-corrected chi connectivity index (χ1v) is 9.26. The van der Waals surface area contributed by atoms with Crippen molar-refractivity contribution in [3.8, 4) is 0 Å². The molecule has 3 aliphatic rings. The van der Waals surface area contributed by atoms with Crippen LogP contribution in [0.2, 0.25) is 0 Å². The molecule has 1 aromatic heterocycles. The van der Waals surface area contributed by atoms with Gasteiger partial charge in [-0.25, -0.2) is 0 Å². The van der Waals surface area contributed by atoms with Crippen LogP contribution in [-0.2, 0) is 4.79 Å². The van der Waals surface area contributed by atoms with Crippen LogP contribution in [-0.4, -0.2) is 5.78 Å². The number of carbonyl (C=O) groups is 1. The quantitative estimate of drug-likeness (QED) is 0.672. The maximum atomic E-state index is 11.5. The highest BCUT2D eigenvalue weighted by molar-refractivity contribution is 7.07. The molecule has 2 nitrogen and oxygen atoms in total. The summed E-state index contributed by atoms with van der Waals surface area (Å²) in [6.45, 7) is 0. The van der Waals surface area contributed by atoms with E-state index in [1.54, 1.807) is 17.4 Å². The van der Waals surface area contributed by atoms with Gasteiger partial charge in [0.25, 0.3) is 0 Å².